The van der Waals surface area contributed by atoms with E-state index in [0.717, 1.165) is 0 Å². The van der Waals surface area contributed by atoms with Crippen LogP contribution in [0.1, 0.15) is 30.9 Å². The van der Waals surface area contributed by atoms with Gasteiger partial charge in [-0.05, 0) is 0 Å². The minimum atomic E-state index is 0. The van der Waals surface area contributed by atoms with Gasteiger partial charge < -0.3 is 0 Å². The van der Waals surface area contributed by atoms with Crippen LogP contribution in [0, 0.1) is 0 Å². The van der Waals surface area contributed by atoms with Crippen molar-refractivity contribution in [2.45, 2.75) is 22.9 Å². The maximum atomic E-state index is 2.39. The van der Waals surface area contributed by atoms with Crippen molar-refractivity contribution < 1.29 is 24.7 Å². The largest absolute Gasteiger partial charge is 0.107 e. The third-order valence-corrected chi connectivity index (χ3v) is 4.32. The molecule has 1 aliphatic carbocycles. The van der Waals surface area contributed by atoms with Crippen LogP contribution >= 0.6 is 48.0 Å². The number of benzene rings is 1. The summed E-state index contributed by atoms with van der Waals surface area (Å²) in [6.45, 7) is 2.26. The normalized spacial score (nSPS) is 21.3. The van der Waals surface area contributed by atoms with Crippen molar-refractivity contribution in [3.05, 3.63) is 41.5 Å². The summed E-state index contributed by atoms with van der Waals surface area (Å²) in [6.07, 6.45) is 7.22. The van der Waals surface area contributed by atoms with Gasteiger partial charge in [0.05, 0.1) is 0 Å². The summed E-state index contributed by atoms with van der Waals surface area (Å²) >= 11 is 1.62. The van der Waals surface area contributed by atoms with Gasteiger partial charge in [-0.15, -0.1) is 48.0 Å². The van der Waals surface area contributed by atoms with Gasteiger partial charge in [-0.2, -0.15) is 0 Å². The minimum absolute atomic E-state index is 0. The molecule has 0 saturated carbocycles. The predicted molar refractivity (Wildman–Crippen MR) is 82.9 cm³/mol. The van der Waals surface area contributed by atoms with Gasteiger partial charge in [-0.25, -0.2) is 0 Å². The van der Waals surface area contributed by atoms with E-state index in [1.165, 1.54) is 24.0 Å². The topological polar surface area (TPSA) is 0 Å². The number of hydrogen-bond donors (Lipinski definition) is 0. The molecule has 15 heavy (non-hydrogen) atoms. The second-order valence-electron chi connectivity index (χ2n) is 3.64. The zero-order chi connectivity index (χ0) is 9.31. The fourth-order valence-electron chi connectivity index (χ4n) is 1.98. The molecular formula is C12H15I2Zr. The fourth-order valence-corrected chi connectivity index (χ4v) is 3.36. The van der Waals surface area contributed by atoms with E-state index in [1.54, 1.807) is 24.7 Å². The molecule has 0 bridgehead atoms. The SMILES string of the molecule is CCC[C]1([Zr])C=Cc2ccccc21.I.I. The number of fused-ring (bicyclic) bond motifs is 1. The summed E-state index contributed by atoms with van der Waals surface area (Å²) < 4.78 is 0.387. The van der Waals surface area contributed by atoms with E-state index in [4.69, 9.17) is 0 Å². The molecule has 1 aromatic carbocycles. The minimum Gasteiger partial charge on any atom is -0.107 e. The summed E-state index contributed by atoms with van der Waals surface area (Å²) in [5, 5.41) is 0. The van der Waals surface area contributed by atoms with E-state index in [-0.39, 0.29) is 48.0 Å². The molecule has 0 heterocycles. The Morgan fingerprint density at radius 1 is 1.20 bits per heavy atom. The van der Waals surface area contributed by atoms with Crippen molar-refractivity contribution in [1.29, 1.82) is 0 Å². The van der Waals surface area contributed by atoms with Gasteiger partial charge in [-0.3, -0.25) is 0 Å². The molecule has 3 heteroatoms. The summed E-state index contributed by atoms with van der Waals surface area (Å²) in [6, 6.07) is 8.77. The van der Waals surface area contributed by atoms with Gasteiger partial charge in [0, 0.05) is 0 Å². The van der Waals surface area contributed by atoms with E-state index in [1.807, 2.05) is 0 Å². The second-order valence-corrected chi connectivity index (χ2v) is 5.84. The van der Waals surface area contributed by atoms with Crippen LogP contribution in [0.5, 0.6) is 0 Å². The third-order valence-electron chi connectivity index (χ3n) is 2.63. The van der Waals surface area contributed by atoms with Crippen molar-refractivity contribution in [1.82, 2.24) is 0 Å². The molecule has 0 amide bonds. The smallest absolute Gasteiger partial charge is 0.107 e. The molecule has 1 aliphatic rings. The Kier molecular flexibility index (Phi) is 7.50. The Labute approximate surface area is 141 Å². The zero-order valence-corrected chi connectivity index (χ0v) is 15.8. The van der Waals surface area contributed by atoms with Crippen LogP contribution in [-0.2, 0) is 27.8 Å². The standard InChI is InChI=1S/C12H13.2HI.Zr/c1-2-5-10-8-9-11-6-3-4-7-12(10)11;;;/h3-4,6-9H,2,5H2,1H3;2*1H;. The number of rotatable bonds is 2. The van der Waals surface area contributed by atoms with E-state index >= 15 is 0 Å². The van der Waals surface area contributed by atoms with Crippen LogP contribution in [0.25, 0.3) is 6.08 Å². The molecule has 2 rings (SSSR count). The third kappa shape index (κ3) is 3.38. The van der Waals surface area contributed by atoms with Gasteiger partial charge in [0.1, 0.15) is 0 Å². The van der Waals surface area contributed by atoms with E-state index in [0.29, 0.717) is 3.12 Å². The van der Waals surface area contributed by atoms with Crippen LogP contribution in [0.2, 0.25) is 0 Å². The Hall–Kier alpha value is 1.30. The molecule has 0 fully saturated rings. The summed E-state index contributed by atoms with van der Waals surface area (Å²) in [5.41, 5.74) is 2.96. The Balaban J connectivity index is 0.000000980. The second kappa shape index (κ2) is 6.90. The average molecular weight is 504 g/mol. The predicted octanol–water partition coefficient (Wildman–Crippen LogP) is 4.49. The molecule has 0 spiro atoms. The van der Waals surface area contributed by atoms with Crippen LogP contribution in [0.3, 0.4) is 0 Å². The molecule has 81 valence electrons. The van der Waals surface area contributed by atoms with Gasteiger partial charge in [0.15, 0.2) is 0 Å². The van der Waals surface area contributed by atoms with Crippen molar-refractivity contribution >= 4 is 54.0 Å². The number of hydrogen-bond acceptors (Lipinski definition) is 0. The van der Waals surface area contributed by atoms with Crippen molar-refractivity contribution in [3.63, 3.8) is 0 Å². The Morgan fingerprint density at radius 3 is 2.53 bits per heavy atom. The number of allylic oxidation sites excluding steroid dienone is 1. The zero-order valence-electron chi connectivity index (χ0n) is 8.69. The molecule has 0 N–H and O–H groups in total. The molecule has 0 radical (unpaired) electrons. The van der Waals surface area contributed by atoms with Crippen molar-refractivity contribution in [2.24, 2.45) is 0 Å². The van der Waals surface area contributed by atoms with Crippen LogP contribution in [0.4, 0.5) is 0 Å². The summed E-state index contributed by atoms with van der Waals surface area (Å²) in [5.74, 6) is 0. The quantitative estimate of drug-likeness (QED) is 0.521. The van der Waals surface area contributed by atoms with Crippen LogP contribution < -0.4 is 0 Å². The van der Waals surface area contributed by atoms with Gasteiger partial charge >= 0.3 is 95.2 Å². The first-order valence-corrected chi connectivity index (χ1v) is 6.03. The first-order valence-electron chi connectivity index (χ1n) is 4.80. The monoisotopic (exact) mass is 503 g/mol. The average Bonchev–Trinajstić information content (AvgIpc) is 2.46. The van der Waals surface area contributed by atoms with Crippen LogP contribution in [0.15, 0.2) is 30.3 Å². The number of halogens is 2. The summed E-state index contributed by atoms with van der Waals surface area (Å²) in [7, 11) is 0. The molecule has 1 unspecified atom stereocenters. The van der Waals surface area contributed by atoms with Gasteiger partial charge in [0.2, 0.25) is 0 Å². The molecular weight excluding hydrogens is 489 g/mol. The van der Waals surface area contributed by atoms with Gasteiger partial charge in [0.25, 0.3) is 0 Å². The molecule has 0 aromatic heterocycles. The molecule has 0 aliphatic heterocycles. The molecule has 0 nitrogen and oxygen atoms in total. The Bertz CT molecular complexity index is 349. The van der Waals surface area contributed by atoms with E-state index in [2.05, 4.69) is 43.3 Å². The first-order chi connectivity index (χ1) is 6.26. The van der Waals surface area contributed by atoms with Gasteiger partial charge in [-0.1, -0.05) is 0 Å². The summed E-state index contributed by atoms with van der Waals surface area (Å²) in [4.78, 5) is 0. The van der Waals surface area contributed by atoms with E-state index in [9.17, 15) is 0 Å². The molecule has 1 aromatic rings. The first kappa shape index (κ1) is 16.3. The van der Waals surface area contributed by atoms with Crippen molar-refractivity contribution in [3.8, 4) is 0 Å². The maximum Gasteiger partial charge on any atom is -0.107 e. The van der Waals surface area contributed by atoms with Crippen LogP contribution in [-0.4, -0.2) is 0 Å². The molecule has 1 atom stereocenters. The van der Waals surface area contributed by atoms with E-state index < -0.39 is 0 Å². The fraction of sp³-hybridized carbons (Fsp3) is 0.333. The Morgan fingerprint density at radius 2 is 1.87 bits per heavy atom. The maximum absolute atomic E-state index is 2.39. The molecule has 0 saturated heterocycles. The van der Waals surface area contributed by atoms with Crippen molar-refractivity contribution in [2.75, 3.05) is 0 Å².